The number of fused-ring (bicyclic) bond motifs is 1. The zero-order valence-corrected chi connectivity index (χ0v) is 17.7. The van der Waals surface area contributed by atoms with Gasteiger partial charge in [0, 0.05) is 0 Å². The van der Waals surface area contributed by atoms with E-state index in [1.807, 2.05) is 0 Å². The van der Waals surface area contributed by atoms with Crippen molar-refractivity contribution >= 4 is 28.7 Å². The molecule has 2 heterocycles. The third-order valence-electron chi connectivity index (χ3n) is 5.37. The molecule has 166 valence electrons. The van der Waals surface area contributed by atoms with Gasteiger partial charge in [0.05, 0.1) is 54.1 Å². The average molecular weight is 445 g/mol. The van der Waals surface area contributed by atoms with E-state index in [9.17, 15) is 19.6 Å². The van der Waals surface area contributed by atoms with E-state index in [-0.39, 0.29) is 22.7 Å². The average Bonchev–Trinajstić information content (AvgIpc) is 3.21. The molecule has 1 aliphatic rings. The lowest BCUT2D eigenvalue weighted by atomic mass is 9.81. The zero-order valence-electron chi connectivity index (χ0n) is 17.7. The van der Waals surface area contributed by atoms with Gasteiger partial charge in [-0.05, 0) is 23.8 Å². The Balaban J connectivity index is 2.07. The van der Waals surface area contributed by atoms with Crippen LogP contribution >= 0.6 is 0 Å². The minimum Gasteiger partial charge on any atom is -0.466 e. The minimum atomic E-state index is -0.954. The molecule has 33 heavy (non-hydrogen) atoms. The number of nitriles is 1. The fourth-order valence-corrected chi connectivity index (χ4v) is 3.94. The number of allylic oxidation sites excluding steroid dienone is 1. The van der Waals surface area contributed by atoms with Gasteiger partial charge in [0.25, 0.3) is 0 Å². The Labute approximate surface area is 187 Å². The number of aromatic amines is 2. The Morgan fingerprint density at radius 1 is 1.03 bits per heavy atom. The maximum absolute atomic E-state index is 13.0. The molecular formula is C23H19N5O5. The Morgan fingerprint density at radius 3 is 2.33 bits per heavy atom. The second-order valence-electron chi connectivity index (χ2n) is 7.14. The molecule has 0 bridgehead atoms. The number of aromatic nitrogens is 2. The van der Waals surface area contributed by atoms with E-state index in [0.29, 0.717) is 22.3 Å². The van der Waals surface area contributed by atoms with E-state index >= 15 is 0 Å². The molecule has 4 N–H and O–H groups in total. The van der Waals surface area contributed by atoms with Crippen LogP contribution in [0.2, 0.25) is 0 Å². The van der Waals surface area contributed by atoms with Crippen molar-refractivity contribution in [1.29, 1.82) is 5.26 Å². The van der Waals surface area contributed by atoms with Gasteiger partial charge in [-0.1, -0.05) is 30.3 Å². The molecule has 2 aromatic carbocycles. The van der Waals surface area contributed by atoms with Gasteiger partial charge >= 0.3 is 17.6 Å². The number of nitrogens with two attached hydrogens (primary N) is 1. The molecule has 0 aliphatic carbocycles. The number of methoxy groups -OCH3 is 2. The highest BCUT2D eigenvalue weighted by Gasteiger charge is 2.43. The molecule has 0 spiro atoms. The summed E-state index contributed by atoms with van der Waals surface area (Å²) in [6.07, 6.45) is 0. The van der Waals surface area contributed by atoms with E-state index in [4.69, 9.17) is 15.2 Å². The first kappa shape index (κ1) is 21.5. The number of carbonyl (C=O) groups excluding carboxylic acids is 2. The van der Waals surface area contributed by atoms with Crippen LogP contribution in [0, 0.1) is 11.3 Å². The molecule has 1 unspecified atom stereocenters. The van der Waals surface area contributed by atoms with Crippen molar-refractivity contribution in [3.63, 3.8) is 0 Å². The highest BCUT2D eigenvalue weighted by molar-refractivity contribution is 6.06. The highest BCUT2D eigenvalue weighted by atomic mass is 16.5. The molecule has 1 aliphatic heterocycles. The van der Waals surface area contributed by atoms with Crippen LogP contribution in [0.3, 0.4) is 0 Å². The van der Waals surface area contributed by atoms with Crippen LogP contribution < -0.4 is 16.3 Å². The summed E-state index contributed by atoms with van der Waals surface area (Å²) in [5.41, 5.74) is 7.67. The molecule has 1 aromatic heterocycles. The molecule has 4 rings (SSSR count). The van der Waals surface area contributed by atoms with Crippen molar-refractivity contribution in [3.05, 3.63) is 87.2 Å². The normalized spacial score (nSPS) is 16.0. The molecule has 0 radical (unpaired) electrons. The van der Waals surface area contributed by atoms with Gasteiger partial charge in [-0.2, -0.15) is 5.26 Å². The summed E-state index contributed by atoms with van der Waals surface area (Å²) in [5.74, 6) is -2.68. The number of imidazole rings is 1. The SMILES string of the molecule is COC(=O)C1=C(C(=O)OC)N(c2ccc3[nH]c(=O)[nH]c3c2)C(N)=C(C#N)C1c1ccccc1. The van der Waals surface area contributed by atoms with Crippen molar-refractivity contribution < 1.29 is 19.1 Å². The van der Waals surface area contributed by atoms with Gasteiger partial charge in [0.2, 0.25) is 0 Å². The molecule has 10 nitrogen and oxygen atoms in total. The van der Waals surface area contributed by atoms with Crippen molar-refractivity contribution in [2.45, 2.75) is 5.92 Å². The monoisotopic (exact) mass is 445 g/mol. The summed E-state index contributed by atoms with van der Waals surface area (Å²) in [6.45, 7) is 0. The number of carbonyl (C=O) groups is 2. The van der Waals surface area contributed by atoms with E-state index in [2.05, 4.69) is 16.0 Å². The van der Waals surface area contributed by atoms with Crippen LogP contribution in [0.15, 0.2) is 76.0 Å². The lowest BCUT2D eigenvalue weighted by Gasteiger charge is -2.35. The van der Waals surface area contributed by atoms with Gasteiger partial charge in [0.1, 0.15) is 11.5 Å². The molecule has 1 atom stereocenters. The number of hydrogen-bond acceptors (Lipinski definition) is 8. The van der Waals surface area contributed by atoms with Crippen molar-refractivity contribution in [2.75, 3.05) is 19.1 Å². The molecule has 0 amide bonds. The minimum absolute atomic E-state index is 0.0527. The van der Waals surface area contributed by atoms with Gasteiger partial charge in [0.15, 0.2) is 0 Å². The number of esters is 2. The fraction of sp³-hybridized carbons (Fsp3) is 0.130. The van der Waals surface area contributed by atoms with Crippen LogP contribution in [0.25, 0.3) is 11.0 Å². The summed E-state index contributed by atoms with van der Waals surface area (Å²) in [6, 6.07) is 15.6. The summed E-state index contributed by atoms with van der Waals surface area (Å²) < 4.78 is 9.98. The number of benzene rings is 2. The van der Waals surface area contributed by atoms with Gasteiger partial charge in [-0.3, -0.25) is 4.90 Å². The zero-order chi connectivity index (χ0) is 23.7. The van der Waals surface area contributed by atoms with Crippen LogP contribution in [0.4, 0.5) is 5.69 Å². The first-order valence-corrected chi connectivity index (χ1v) is 9.78. The first-order valence-electron chi connectivity index (χ1n) is 9.78. The van der Waals surface area contributed by atoms with Crippen LogP contribution in [0.5, 0.6) is 0 Å². The number of nitrogens with one attached hydrogen (secondary N) is 2. The van der Waals surface area contributed by atoms with Crippen molar-refractivity contribution in [1.82, 2.24) is 9.97 Å². The molecule has 0 saturated carbocycles. The van der Waals surface area contributed by atoms with Crippen molar-refractivity contribution in [2.24, 2.45) is 5.73 Å². The number of rotatable bonds is 4. The maximum atomic E-state index is 13.0. The quantitative estimate of drug-likeness (QED) is 0.513. The highest BCUT2D eigenvalue weighted by Crippen LogP contribution is 2.43. The second-order valence-corrected chi connectivity index (χ2v) is 7.14. The predicted octanol–water partition coefficient (Wildman–Crippen LogP) is 1.75. The number of ether oxygens (including phenoxy) is 2. The molecule has 3 aromatic rings. The van der Waals surface area contributed by atoms with Gasteiger partial charge in [-0.25, -0.2) is 14.4 Å². The third kappa shape index (κ3) is 3.51. The molecule has 0 saturated heterocycles. The number of anilines is 1. The largest absolute Gasteiger partial charge is 0.466 e. The Morgan fingerprint density at radius 2 is 1.70 bits per heavy atom. The molecular weight excluding hydrogens is 426 g/mol. The third-order valence-corrected chi connectivity index (χ3v) is 5.37. The summed E-state index contributed by atoms with van der Waals surface area (Å²) >= 11 is 0. The Bertz CT molecular complexity index is 1420. The van der Waals surface area contributed by atoms with E-state index in [1.165, 1.54) is 19.1 Å². The van der Waals surface area contributed by atoms with E-state index in [0.717, 1.165) is 0 Å². The summed E-state index contributed by atoms with van der Waals surface area (Å²) in [4.78, 5) is 44.2. The van der Waals surface area contributed by atoms with Gasteiger partial charge < -0.3 is 25.2 Å². The second kappa shape index (κ2) is 8.39. The lowest BCUT2D eigenvalue weighted by Crippen LogP contribution is -2.40. The summed E-state index contributed by atoms with van der Waals surface area (Å²) in [7, 11) is 2.35. The predicted molar refractivity (Wildman–Crippen MR) is 118 cm³/mol. The van der Waals surface area contributed by atoms with E-state index < -0.39 is 23.5 Å². The van der Waals surface area contributed by atoms with Crippen LogP contribution in [0.1, 0.15) is 11.5 Å². The number of H-pyrrole nitrogens is 2. The number of hydrogen-bond donors (Lipinski definition) is 3. The maximum Gasteiger partial charge on any atom is 0.355 e. The number of nitrogens with zero attached hydrogens (tertiary/aromatic N) is 2. The van der Waals surface area contributed by atoms with E-state index in [1.54, 1.807) is 48.5 Å². The fourth-order valence-electron chi connectivity index (χ4n) is 3.94. The van der Waals surface area contributed by atoms with Crippen LogP contribution in [-0.4, -0.2) is 36.1 Å². The van der Waals surface area contributed by atoms with Crippen LogP contribution in [-0.2, 0) is 19.1 Å². The standard InChI is InChI=1S/C23H19N5O5/c1-32-21(29)18-17(12-6-4-3-5-7-12)14(11-24)20(25)28(19(18)22(30)33-2)13-8-9-15-16(10-13)27-23(31)26-15/h3-10,17H,25H2,1-2H3,(H2,26,27,31). The topological polar surface area (TPSA) is 154 Å². The summed E-state index contributed by atoms with van der Waals surface area (Å²) in [5, 5.41) is 10.0. The molecule has 10 heteroatoms. The Kier molecular flexibility index (Phi) is 5.46. The lowest BCUT2D eigenvalue weighted by molar-refractivity contribution is -0.139. The first-order chi connectivity index (χ1) is 15.9. The molecule has 0 fully saturated rings. The Hall–Kier alpha value is -4.78. The smallest absolute Gasteiger partial charge is 0.355 e. The van der Waals surface area contributed by atoms with Gasteiger partial charge in [-0.15, -0.1) is 0 Å². The van der Waals surface area contributed by atoms with Crippen molar-refractivity contribution in [3.8, 4) is 6.07 Å².